The van der Waals surface area contributed by atoms with E-state index in [9.17, 15) is 9.18 Å². The van der Waals surface area contributed by atoms with Crippen LogP contribution in [-0.4, -0.2) is 42.9 Å². The Morgan fingerprint density at radius 1 is 1.22 bits per heavy atom. The summed E-state index contributed by atoms with van der Waals surface area (Å²) in [7, 11) is 0. The van der Waals surface area contributed by atoms with Crippen molar-refractivity contribution in [2.75, 3.05) is 25.0 Å². The number of hydrogen-bond acceptors (Lipinski definition) is 5. The van der Waals surface area contributed by atoms with Gasteiger partial charge in [-0.15, -0.1) is 0 Å². The first-order valence-electron chi connectivity index (χ1n) is 10.8. The van der Waals surface area contributed by atoms with Crippen LogP contribution in [0.25, 0.3) is 5.57 Å². The van der Waals surface area contributed by atoms with E-state index in [2.05, 4.69) is 12.2 Å². The number of carbonyl (C=O) groups is 1. The number of anilines is 1. The molecule has 7 heteroatoms. The first kappa shape index (κ1) is 24.8. The normalized spacial score (nSPS) is 12.2. The molecule has 1 atom stereocenters. The lowest BCUT2D eigenvalue weighted by Crippen LogP contribution is -2.37. The maximum Gasteiger partial charge on any atom is 0.256 e. The summed E-state index contributed by atoms with van der Waals surface area (Å²) in [6.45, 7) is 5.60. The largest absolute Gasteiger partial charge is 0.404 e. The summed E-state index contributed by atoms with van der Waals surface area (Å²) in [5.41, 5.74) is 8.50. The Morgan fingerprint density at radius 3 is 2.56 bits per heavy atom. The molecule has 0 saturated carbocycles. The standard InChI is InChI=1S/C25H32FN5O/c1-3-7-18(17-31(4-2)25(32)22-8-5-6-9-23(22)26)16-30-24-11-10-19(12-20(24)13-27)21(14-28)15-29/h5-6,8-15,18,27-28,30H,3-4,7,16-17,29H2,1-2H3. The molecule has 1 unspecified atom stereocenters. The Bertz CT molecular complexity index is 973. The molecule has 1 amide bonds. The number of halogens is 1. The quantitative estimate of drug-likeness (QED) is 0.360. The van der Waals surface area contributed by atoms with E-state index in [-0.39, 0.29) is 17.4 Å². The number of nitrogens with zero attached hydrogens (tertiary/aromatic N) is 1. The molecule has 0 aliphatic carbocycles. The smallest absolute Gasteiger partial charge is 0.256 e. The molecule has 32 heavy (non-hydrogen) atoms. The summed E-state index contributed by atoms with van der Waals surface area (Å²) in [4.78, 5) is 14.6. The molecule has 2 rings (SSSR count). The molecule has 5 N–H and O–H groups in total. The van der Waals surface area contributed by atoms with Crippen molar-refractivity contribution >= 4 is 29.6 Å². The Labute approximate surface area is 189 Å². The van der Waals surface area contributed by atoms with E-state index < -0.39 is 5.82 Å². The minimum Gasteiger partial charge on any atom is -0.404 e. The van der Waals surface area contributed by atoms with Gasteiger partial charge in [-0.05, 0) is 49.1 Å². The molecule has 2 aromatic carbocycles. The number of carbonyl (C=O) groups excluding carboxylic acids is 1. The van der Waals surface area contributed by atoms with Crippen LogP contribution in [0.5, 0.6) is 0 Å². The number of benzene rings is 2. The average molecular weight is 438 g/mol. The van der Waals surface area contributed by atoms with Crippen LogP contribution in [-0.2, 0) is 0 Å². The lowest BCUT2D eigenvalue weighted by Gasteiger charge is -2.27. The monoisotopic (exact) mass is 437 g/mol. The molecule has 0 bridgehead atoms. The highest BCUT2D eigenvalue weighted by atomic mass is 19.1. The molecule has 0 heterocycles. The van der Waals surface area contributed by atoms with E-state index in [0.717, 1.165) is 24.1 Å². The number of allylic oxidation sites excluding steroid dienone is 1. The third-order valence-corrected chi connectivity index (χ3v) is 5.41. The summed E-state index contributed by atoms with van der Waals surface area (Å²) in [5.74, 6) is -0.647. The van der Waals surface area contributed by atoms with Gasteiger partial charge in [-0.25, -0.2) is 4.39 Å². The second-order valence-electron chi connectivity index (χ2n) is 7.57. The van der Waals surface area contributed by atoms with Gasteiger partial charge in [0.05, 0.1) is 5.56 Å². The van der Waals surface area contributed by atoms with Gasteiger partial charge in [0.25, 0.3) is 5.91 Å². The topological polar surface area (TPSA) is 106 Å². The van der Waals surface area contributed by atoms with Crippen LogP contribution >= 0.6 is 0 Å². The van der Waals surface area contributed by atoms with Crippen LogP contribution in [0.15, 0.2) is 48.7 Å². The van der Waals surface area contributed by atoms with Gasteiger partial charge in [-0.2, -0.15) is 0 Å². The molecule has 0 saturated heterocycles. The number of amides is 1. The van der Waals surface area contributed by atoms with Crippen molar-refractivity contribution in [3.63, 3.8) is 0 Å². The van der Waals surface area contributed by atoms with Gasteiger partial charge in [0.15, 0.2) is 0 Å². The molecular weight excluding hydrogens is 405 g/mol. The Kier molecular flexibility index (Phi) is 9.60. The molecule has 0 radical (unpaired) electrons. The van der Waals surface area contributed by atoms with Crippen molar-refractivity contribution in [2.45, 2.75) is 26.7 Å². The molecule has 0 aromatic heterocycles. The highest BCUT2D eigenvalue weighted by Crippen LogP contribution is 2.22. The molecule has 0 aliphatic heterocycles. The predicted molar refractivity (Wildman–Crippen MR) is 130 cm³/mol. The van der Waals surface area contributed by atoms with Crippen LogP contribution in [0.3, 0.4) is 0 Å². The second kappa shape index (κ2) is 12.4. The van der Waals surface area contributed by atoms with Crippen molar-refractivity contribution in [1.29, 1.82) is 10.8 Å². The number of rotatable bonds is 12. The lowest BCUT2D eigenvalue weighted by atomic mass is 10.0. The highest BCUT2D eigenvalue weighted by molar-refractivity contribution is 6.08. The van der Waals surface area contributed by atoms with Crippen LogP contribution in [0.1, 0.15) is 48.2 Å². The Balaban J connectivity index is 2.14. The van der Waals surface area contributed by atoms with Crippen LogP contribution in [0.2, 0.25) is 0 Å². The maximum absolute atomic E-state index is 14.1. The molecule has 170 valence electrons. The van der Waals surface area contributed by atoms with Crippen LogP contribution in [0, 0.1) is 22.6 Å². The average Bonchev–Trinajstić information content (AvgIpc) is 2.81. The first-order valence-corrected chi connectivity index (χ1v) is 10.8. The van der Waals surface area contributed by atoms with Gasteiger partial charge in [0, 0.05) is 55.1 Å². The summed E-state index contributed by atoms with van der Waals surface area (Å²) in [5, 5.41) is 18.6. The van der Waals surface area contributed by atoms with E-state index in [1.807, 2.05) is 25.1 Å². The molecule has 0 spiro atoms. The Morgan fingerprint density at radius 2 is 1.97 bits per heavy atom. The molecule has 0 fully saturated rings. The molecule has 0 aliphatic rings. The summed E-state index contributed by atoms with van der Waals surface area (Å²) in [6.07, 6.45) is 5.67. The van der Waals surface area contributed by atoms with Crippen molar-refractivity contribution in [2.24, 2.45) is 11.7 Å². The van der Waals surface area contributed by atoms with Gasteiger partial charge in [-0.1, -0.05) is 31.5 Å². The summed E-state index contributed by atoms with van der Waals surface area (Å²) >= 11 is 0. The SMILES string of the molecule is CCCC(CNc1ccc(C(C=N)=CN)cc1C=N)CN(CC)C(=O)c1ccccc1F. The van der Waals surface area contributed by atoms with E-state index in [1.54, 1.807) is 17.0 Å². The first-order chi connectivity index (χ1) is 15.5. The van der Waals surface area contributed by atoms with E-state index in [4.69, 9.17) is 16.6 Å². The van der Waals surface area contributed by atoms with Gasteiger partial charge in [0.1, 0.15) is 5.82 Å². The zero-order valence-corrected chi connectivity index (χ0v) is 18.7. The number of hydrogen-bond donors (Lipinski definition) is 4. The summed E-state index contributed by atoms with van der Waals surface area (Å²) in [6, 6.07) is 11.6. The van der Waals surface area contributed by atoms with Crippen molar-refractivity contribution in [1.82, 2.24) is 4.90 Å². The zero-order valence-electron chi connectivity index (χ0n) is 18.7. The van der Waals surface area contributed by atoms with Crippen LogP contribution < -0.4 is 11.1 Å². The van der Waals surface area contributed by atoms with E-state index in [1.165, 1.54) is 30.8 Å². The zero-order chi connectivity index (χ0) is 23.5. The predicted octanol–water partition coefficient (Wildman–Crippen LogP) is 4.76. The summed E-state index contributed by atoms with van der Waals surface area (Å²) < 4.78 is 14.1. The van der Waals surface area contributed by atoms with Gasteiger partial charge < -0.3 is 26.8 Å². The second-order valence-corrected chi connectivity index (χ2v) is 7.57. The number of nitrogens with one attached hydrogen (secondary N) is 3. The fourth-order valence-electron chi connectivity index (χ4n) is 3.64. The molecule has 2 aromatic rings. The fraction of sp³-hybridized carbons (Fsp3) is 0.320. The maximum atomic E-state index is 14.1. The van der Waals surface area contributed by atoms with Gasteiger partial charge in [-0.3, -0.25) is 4.79 Å². The van der Waals surface area contributed by atoms with Gasteiger partial charge in [0.2, 0.25) is 0 Å². The van der Waals surface area contributed by atoms with E-state index in [0.29, 0.717) is 30.8 Å². The van der Waals surface area contributed by atoms with Crippen LogP contribution in [0.4, 0.5) is 10.1 Å². The van der Waals surface area contributed by atoms with Gasteiger partial charge >= 0.3 is 0 Å². The molecule has 6 nitrogen and oxygen atoms in total. The highest BCUT2D eigenvalue weighted by Gasteiger charge is 2.21. The molecular formula is C25H32FN5O. The fourth-order valence-corrected chi connectivity index (χ4v) is 3.64. The van der Waals surface area contributed by atoms with Crippen molar-refractivity contribution in [3.05, 3.63) is 71.2 Å². The third kappa shape index (κ3) is 6.26. The van der Waals surface area contributed by atoms with Crippen molar-refractivity contribution < 1.29 is 9.18 Å². The van der Waals surface area contributed by atoms with E-state index >= 15 is 0 Å². The Hall–Kier alpha value is -3.48. The third-order valence-electron chi connectivity index (χ3n) is 5.41. The number of nitrogens with two attached hydrogens (primary N) is 1. The lowest BCUT2D eigenvalue weighted by molar-refractivity contribution is 0.0733. The van der Waals surface area contributed by atoms with Crippen molar-refractivity contribution in [3.8, 4) is 0 Å². The minimum absolute atomic E-state index is 0.0919. The minimum atomic E-state index is -0.507.